The molecule has 0 bridgehead atoms. The molecule has 6 nitrogen and oxygen atoms in total. The topological polar surface area (TPSA) is 75.7 Å². The van der Waals surface area contributed by atoms with Crippen LogP contribution in [-0.2, 0) is 19.6 Å². The summed E-state index contributed by atoms with van der Waals surface area (Å²) < 4.78 is 45.9. The zero-order chi connectivity index (χ0) is 20.1. The van der Waals surface area contributed by atoms with E-state index in [9.17, 15) is 17.6 Å². The second-order valence-electron chi connectivity index (χ2n) is 6.40. The van der Waals surface area contributed by atoms with Gasteiger partial charge in [-0.15, -0.1) is 0 Å². The molecule has 1 N–H and O–H groups in total. The number of nitrogens with zero attached hydrogens (tertiary/aromatic N) is 1. The van der Waals surface area contributed by atoms with E-state index in [1.807, 2.05) is 31.2 Å². The molecule has 0 saturated carbocycles. The molecule has 0 spiro atoms. The molecule has 0 aliphatic carbocycles. The van der Waals surface area contributed by atoms with Crippen LogP contribution in [0.4, 0.5) is 10.1 Å². The SMILES string of the molecule is Cc1cccc(/C=C/C(=O)Nc2ccc(F)c(S(=O)(=O)N3CCOCC3)c2)c1. The minimum Gasteiger partial charge on any atom is -0.379 e. The molecular formula is C20H21FN2O4S. The molecule has 0 aromatic heterocycles. The van der Waals surface area contributed by atoms with Gasteiger partial charge in [-0.05, 0) is 36.8 Å². The van der Waals surface area contributed by atoms with Gasteiger partial charge >= 0.3 is 0 Å². The molecular weight excluding hydrogens is 383 g/mol. The number of benzene rings is 2. The Balaban J connectivity index is 1.76. The molecule has 1 heterocycles. The van der Waals surface area contributed by atoms with Gasteiger partial charge in [0.1, 0.15) is 10.7 Å². The lowest BCUT2D eigenvalue weighted by molar-refractivity contribution is -0.111. The van der Waals surface area contributed by atoms with Crippen LogP contribution in [0.3, 0.4) is 0 Å². The maximum Gasteiger partial charge on any atom is 0.248 e. The predicted octanol–water partition coefficient (Wildman–Crippen LogP) is 2.81. The summed E-state index contributed by atoms with van der Waals surface area (Å²) in [4.78, 5) is 11.7. The van der Waals surface area contributed by atoms with Crippen molar-refractivity contribution in [2.45, 2.75) is 11.8 Å². The van der Waals surface area contributed by atoms with Gasteiger partial charge in [0.05, 0.1) is 13.2 Å². The van der Waals surface area contributed by atoms with Gasteiger partial charge in [-0.25, -0.2) is 12.8 Å². The van der Waals surface area contributed by atoms with Crippen LogP contribution >= 0.6 is 0 Å². The van der Waals surface area contributed by atoms with E-state index in [0.717, 1.165) is 23.3 Å². The first-order chi connectivity index (χ1) is 13.4. The Morgan fingerprint density at radius 3 is 2.64 bits per heavy atom. The normalized spacial score (nSPS) is 15.6. The largest absolute Gasteiger partial charge is 0.379 e. The molecule has 1 aliphatic rings. The second kappa shape index (κ2) is 8.64. The molecule has 2 aromatic carbocycles. The third-order valence-electron chi connectivity index (χ3n) is 4.26. The van der Waals surface area contributed by atoms with E-state index in [0.29, 0.717) is 0 Å². The first-order valence-corrected chi connectivity index (χ1v) is 10.2. The van der Waals surface area contributed by atoms with Crippen molar-refractivity contribution in [1.82, 2.24) is 4.31 Å². The minimum atomic E-state index is -4.00. The Bertz CT molecular complexity index is 999. The Labute approximate surface area is 163 Å². The Morgan fingerprint density at radius 1 is 1.18 bits per heavy atom. The van der Waals surface area contributed by atoms with Crippen LogP contribution in [-0.4, -0.2) is 44.9 Å². The van der Waals surface area contributed by atoms with Crippen molar-refractivity contribution in [2.24, 2.45) is 0 Å². The number of amides is 1. The first-order valence-electron chi connectivity index (χ1n) is 8.79. The van der Waals surface area contributed by atoms with Crippen LogP contribution in [0, 0.1) is 12.7 Å². The molecule has 0 radical (unpaired) electrons. The lowest BCUT2D eigenvalue weighted by atomic mass is 10.1. The molecule has 1 fully saturated rings. The van der Waals surface area contributed by atoms with Crippen LogP contribution < -0.4 is 5.32 Å². The van der Waals surface area contributed by atoms with Crippen molar-refractivity contribution in [1.29, 1.82) is 0 Å². The number of aryl methyl sites for hydroxylation is 1. The van der Waals surface area contributed by atoms with Crippen LogP contribution in [0.1, 0.15) is 11.1 Å². The standard InChI is InChI=1S/C20H21FN2O4S/c1-15-3-2-4-16(13-15)5-8-20(24)22-17-6-7-18(21)19(14-17)28(25,26)23-9-11-27-12-10-23/h2-8,13-14H,9-12H2,1H3,(H,22,24)/b8-5+. The van der Waals surface area contributed by atoms with Crippen LogP contribution in [0.25, 0.3) is 6.08 Å². The van der Waals surface area contributed by atoms with Crippen LogP contribution in [0.15, 0.2) is 53.4 Å². The fraction of sp³-hybridized carbons (Fsp3) is 0.250. The minimum absolute atomic E-state index is 0.164. The maximum absolute atomic E-state index is 14.2. The van der Waals surface area contributed by atoms with Gasteiger partial charge in [-0.2, -0.15) is 4.31 Å². The fourth-order valence-electron chi connectivity index (χ4n) is 2.83. The van der Waals surface area contributed by atoms with Crippen molar-refractivity contribution < 1.29 is 22.3 Å². The van der Waals surface area contributed by atoms with Crippen molar-refractivity contribution in [2.75, 3.05) is 31.6 Å². The zero-order valence-electron chi connectivity index (χ0n) is 15.4. The van der Waals surface area contributed by atoms with Gasteiger partial charge in [0.25, 0.3) is 0 Å². The summed E-state index contributed by atoms with van der Waals surface area (Å²) in [6.07, 6.45) is 2.99. The highest BCUT2D eigenvalue weighted by Crippen LogP contribution is 2.24. The van der Waals surface area contributed by atoms with E-state index in [1.165, 1.54) is 16.4 Å². The van der Waals surface area contributed by atoms with E-state index in [1.54, 1.807) is 6.08 Å². The van der Waals surface area contributed by atoms with Gasteiger partial charge in [-0.1, -0.05) is 29.8 Å². The number of nitrogens with one attached hydrogen (secondary N) is 1. The molecule has 0 unspecified atom stereocenters. The summed E-state index contributed by atoms with van der Waals surface area (Å²) in [5, 5.41) is 2.57. The summed E-state index contributed by atoms with van der Waals surface area (Å²) in [5.74, 6) is -1.30. The summed E-state index contributed by atoms with van der Waals surface area (Å²) in [7, 11) is -4.00. The van der Waals surface area contributed by atoms with Crippen molar-refractivity contribution >= 4 is 27.7 Å². The fourth-order valence-corrected chi connectivity index (χ4v) is 4.33. The third-order valence-corrected chi connectivity index (χ3v) is 6.17. The second-order valence-corrected chi connectivity index (χ2v) is 8.30. The highest BCUT2D eigenvalue weighted by molar-refractivity contribution is 7.89. The average molecular weight is 404 g/mol. The quantitative estimate of drug-likeness (QED) is 0.778. The molecule has 8 heteroatoms. The Hall–Kier alpha value is -2.55. The number of sulfonamides is 1. The Morgan fingerprint density at radius 2 is 1.93 bits per heavy atom. The molecule has 2 aromatic rings. The number of carbonyl (C=O) groups excluding carboxylic acids is 1. The first kappa shape index (κ1) is 20.2. The summed E-state index contributed by atoms with van der Waals surface area (Å²) in [6.45, 7) is 2.81. The lowest BCUT2D eigenvalue weighted by Gasteiger charge is -2.26. The van der Waals surface area contributed by atoms with E-state index < -0.39 is 26.6 Å². The van der Waals surface area contributed by atoms with E-state index in [4.69, 9.17) is 4.74 Å². The summed E-state index contributed by atoms with van der Waals surface area (Å²) in [6, 6.07) is 11.1. The number of halogens is 1. The van der Waals surface area contributed by atoms with Crippen molar-refractivity contribution in [3.8, 4) is 0 Å². The van der Waals surface area contributed by atoms with E-state index >= 15 is 0 Å². The maximum atomic E-state index is 14.2. The smallest absolute Gasteiger partial charge is 0.248 e. The molecule has 1 amide bonds. The lowest BCUT2D eigenvalue weighted by Crippen LogP contribution is -2.40. The van der Waals surface area contributed by atoms with Crippen molar-refractivity contribution in [3.05, 3.63) is 65.5 Å². The Kier molecular flexibility index (Phi) is 6.23. The highest BCUT2D eigenvalue weighted by atomic mass is 32.2. The highest BCUT2D eigenvalue weighted by Gasteiger charge is 2.29. The third kappa shape index (κ3) is 4.83. The zero-order valence-corrected chi connectivity index (χ0v) is 16.2. The predicted molar refractivity (Wildman–Crippen MR) is 105 cm³/mol. The van der Waals surface area contributed by atoms with Gasteiger partial charge in [-0.3, -0.25) is 4.79 Å². The number of morpholine rings is 1. The molecule has 148 valence electrons. The molecule has 1 saturated heterocycles. The van der Waals surface area contributed by atoms with Gasteiger partial charge in [0, 0.05) is 24.9 Å². The number of hydrogen-bond acceptors (Lipinski definition) is 4. The molecule has 1 aliphatic heterocycles. The van der Waals surface area contributed by atoms with Crippen LogP contribution in [0.5, 0.6) is 0 Å². The van der Waals surface area contributed by atoms with Gasteiger partial charge in [0.15, 0.2) is 0 Å². The van der Waals surface area contributed by atoms with E-state index in [2.05, 4.69) is 5.32 Å². The number of anilines is 1. The number of rotatable bonds is 5. The molecule has 3 rings (SSSR count). The molecule has 28 heavy (non-hydrogen) atoms. The summed E-state index contributed by atoms with van der Waals surface area (Å²) >= 11 is 0. The van der Waals surface area contributed by atoms with Gasteiger partial charge in [0.2, 0.25) is 15.9 Å². The number of carbonyl (C=O) groups is 1. The van der Waals surface area contributed by atoms with E-state index in [-0.39, 0.29) is 32.0 Å². The van der Waals surface area contributed by atoms with Crippen LogP contribution in [0.2, 0.25) is 0 Å². The number of hydrogen-bond donors (Lipinski definition) is 1. The van der Waals surface area contributed by atoms with Crippen molar-refractivity contribution in [3.63, 3.8) is 0 Å². The average Bonchev–Trinajstić information content (AvgIpc) is 2.68. The number of ether oxygens (including phenoxy) is 1. The monoisotopic (exact) mass is 404 g/mol. The molecule has 0 atom stereocenters. The van der Waals surface area contributed by atoms with Gasteiger partial charge < -0.3 is 10.1 Å². The summed E-state index contributed by atoms with van der Waals surface area (Å²) in [5.41, 5.74) is 2.14.